The monoisotopic (exact) mass is 311 g/mol. The summed E-state index contributed by atoms with van der Waals surface area (Å²) in [4.78, 5) is 31.2. The van der Waals surface area contributed by atoms with Crippen molar-refractivity contribution < 1.29 is 9.59 Å². The van der Waals surface area contributed by atoms with Crippen LogP contribution in [0.15, 0.2) is 22.8 Å². The fourth-order valence-corrected chi connectivity index (χ4v) is 2.06. The molecule has 0 unspecified atom stereocenters. The lowest BCUT2D eigenvalue weighted by molar-refractivity contribution is -0.129. The number of carbonyl (C=O) groups is 2. The maximum absolute atomic E-state index is 12.2. The van der Waals surface area contributed by atoms with Gasteiger partial charge in [-0.2, -0.15) is 0 Å². The van der Waals surface area contributed by atoms with Crippen LogP contribution < -0.4 is 0 Å². The van der Waals surface area contributed by atoms with Gasteiger partial charge >= 0.3 is 0 Å². The highest BCUT2D eigenvalue weighted by Crippen LogP contribution is 2.11. The second-order valence-corrected chi connectivity index (χ2v) is 5.17. The summed E-state index contributed by atoms with van der Waals surface area (Å²) in [5.74, 6) is -0.218. The van der Waals surface area contributed by atoms with Gasteiger partial charge < -0.3 is 9.80 Å². The standard InChI is InChI=1S/C12H14BrN3O2/c1-15-5-2-6-16(8-11(15)17)12(18)10-4-3-9(13)7-14-10/h3-4,7H,2,5-6,8H2,1H3. The Kier molecular flexibility index (Phi) is 3.96. The molecular weight excluding hydrogens is 298 g/mol. The topological polar surface area (TPSA) is 53.5 Å². The second kappa shape index (κ2) is 5.48. The van der Waals surface area contributed by atoms with Crippen molar-refractivity contribution in [2.75, 3.05) is 26.7 Å². The third kappa shape index (κ3) is 2.87. The number of hydrogen-bond acceptors (Lipinski definition) is 3. The van der Waals surface area contributed by atoms with Gasteiger partial charge in [0, 0.05) is 30.8 Å². The van der Waals surface area contributed by atoms with E-state index in [2.05, 4.69) is 20.9 Å². The predicted octanol–water partition coefficient (Wildman–Crippen LogP) is 1.15. The minimum absolute atomic E-state index is 0.0297. The Morgan fingerprint density at radius 2 is 2.17 bits per heavy atom. The highest BCUT2D eigenvalue weighted by molar-refractivity contribution is 9.10. The highest BCUT2D eigenvalue weighted by Gasteiger charge is 2.24. The van der Waals surface area contributed by atoms with E-state index in [1.807, 2.05) is 0 Å². The molecular formula is C12H14BrN3O2. The SMILES string of the molecule is CN1CCCN(C(=O)c2ccc(Br)cn2)CC1=O. The van der Waals surface area contributed by atoms with Crippen LogP contribution in [-0.2, 0) is 4.79 Å². The van der Waals surface area contributed by atoms with E-state index >= 15 is 0 Å². The van der Waals surface area contributed by atoms with Crippen molar-refractivity contribution in [2.45, 2.75) is 6.42 Å². The Labute approximate surface area is 114 Å². The zero-order valence-electron chi connectivity index (χ0n) is 10.1. The van der Waals surface area contributed by atoms with Crippen LogP contribution in [0.25, 0.3) is 0 Å². The van der Waals surface area contributed by atoms with Gasteiger partial charge in [0.25, 0.3) is 5.91 Å². The molecule has 2 rings (SSSR count). The number of aromatic nitrogens is 1. The van der Waals surface area contributed by atoms with Crippen molar-refractivity contribution >= 4 is 27.7 Å². The lowest BCUT2D eigenvalue weighted by atomic mass is 10.3. The molecule has 5 nitrogen and oxygen atoms in total. The van der Waals surface area contributed by atoms with Crippen LogP contribution in [0.4, 0.5) is 0 Å². The van der Waals surface area contributed by atoms with Crippen molar-refractivity contribution in [2.24, 2.45) is 0 Å². The molecule has 1 aromatic rings. The summed E-state index contributed by atoms with van der Waals surface area (Å²) >= 11 is 3.27. The normalized spacial score (nSPS) is 16.7. The van der Waals surface area contributed by atoms with E-state index in [1.165, 1.54) is 0 Å². The average molecular weight is 312 g/mol. The molecule has 0 bridgehead atoms. The highest BCUT2D eigenvalue weighted by atomic mass is 79.9. The lowest BCUT2D eigenvalue weighted by Gasteiger charge is -2.19. The van der Waals surface area contributed by atoms with Gasteiger partial charge in [0.15, 0.2) is 0 Å². The molecule has 2 heterocycles. The first-order chi connectivity index (χ1) is 8.58. The molecule has 0 radical (unpaired) electrons. The summed E-state index contributed by atoms with van der Waals surface area (Å²) < 4.78 is 0.825. The van der Waals surface area contributed by atoms with E-state index in [9.17, 15) is 9.59 Å². The smallest absolute Gasteiger partial charge is 0.272 e. The maximum atomic E-state index is 12.2. The number of nitrogens with zero attached hydrogens (tertiary/aromatic N) is 3. The molecule has 18 heavy (non-hydrogen) atoms. The molecule has 0 aromatic carbocycles. The van der Waals surface area contributed by atoms with Crippen LogP contribution in [0.1, 0.15) is 16.9 Å². The van der Waals surface area contributed by atoms with Crippen LogP contribution in [0.3, 0.4) is 0 Å². The largest absolute Gasteiger partial charge is 0.344 e. The zero-order chi connectivity index (χ0) is 13.1. The van der Waals surface area contributed by atoms with Crippen molar-refractivity contribution in [3.05, 3.63) is 28.5 Å². The summed E-state index contributed by atoms with van der Waals surface area (Å²) in [5.41, 5.74) is 0.371. The number of halogens is 1. The number of carbonyl (C=O) groups excluding carboxylic acids is 2. The van der Waals surface area contributed by atoms with Crippen molar-refractivity contribution in [3.8, 4) is 0 Å². The molecule has 96 valence electrons. The van der Waals surface area contributed by atoms with Gasteiger partial charge in [-0.15, -0.1) is 0 Å². The molecule has 1 fully saturated rings. The van der Waals surface area contributed by atoms with E-state index in [0.29, 0.717) is 18.8 Å². The molecule has 0 N–H and O–H groups in total. The van der Waals surface area contributed by atoms with Gasteiger partial charge in [0.05, 0.1) is 0 Å². The number of likely N-dealkylation sites (N-methyl/N-ethyl adjacent to an activating group) is 1. The first kappa shape index (κ1) is 13.0. The van der Waals surface area contributed by atoms with Gasteiger partial charge in [0.2, 0.25) is 5.91 Å². The molecule has 0 spiro atoms. The fourth-order valence-electron chi connectivity index (χ4n) is 1.82. The summed E-state index contributed by atoms with van der Waals surface area (Å²) in [6.45, 7) is 1.41. The second-order valence-electron chi connectivity index (χ2n) is 4.26. The van der Waals surface area contributed by atoms with Crippen LogP contribution in [0.5, 0.6) is 0 Å². The summed E-state index contributed by atoms with van der Waals surface area (Å²) in [6, 6.07) is 3.43. The van der Waals surface area contributed by atoms with Gasteiger partial charge in [-0.3, -0.25) is 9.59 Å². The molecule has 0 saturated carbocycles. The van der Waals surface area contributed by atoms with Crippen molar-refractivity contribution in [1.82, 2.24) is 14.8 Å². The molecule has 1 aliphatic rings. The summed E-state index contributed by atoms with van der Waals surface area (Å²) in [5, 5.41) is 0. The van der Waals surface area contributed by atoms with Crippen LogP contribution >= 0.6 is 15.9 Å². The van der Waals surface area contributed by atoms with Gasteiger partial charge in [0.1, 0.15) is 12.2 Å². The van der Waals surface area contributed by atoms with Crippen LogP contribution in [0, 0.1) is 0 Å². The molecule has 1 saturated heterocycles. The molecule has 1 aromatic heterocycles. The molecule has 0 aliphatic carbocycles. The van der Waals surface area contributed by atoms with E-state index in [-0.39, 0.29) is 18.4 Å². The number of amides is 2. The van der Waals surface area contributed by atoms with Crippen LogP contribution in [0.2, 0.25) is 0 Å². The molecule has 0 atom stereocenters. The third-order valence-electron chi connectivity index (χ3n) is 2.91. The number of hydrogen-bond donors (Lipinski definition) is 0. The minimum atomic E-state index is -0.189. The van der Waals surface area contributed by atoms with E-state index in [4.69, 9.17) is 0 Å². The van der Waals surface area contributed by atoms with E-state index < -0.39 is 0 Å². The Balaban J connectivity index is 2.13. The predicted molar refractivity (Wildman–Crippen MR) is 70.1 cm³/mol. The Morgan fingerprint density at radius 3 is 2.83 bits per heavy atom. The zero-order valence-corrected chi connectivity index (χ0v) is 11.7. The van der Waals surface area contributed by atoms with E-state index in [1.54, 1.807) is 35.2 Å². The fraction of sp³-hybridized carbons (Fsp3) is 0.417. The Hall–Kier alpha value is -1.43. The van der Waals surface area contributed by atoms with Gasteiger partial charge in [-0.1, -0.05) is 0 Å². The molecule has 2 amide bonds. The third-order valence-corrected chi connectivity index (χ3v) is 3.38. The van der Waals surface area contributed by atoms with Gasteiger partial charge in [-0.05, 0) is 34.5 Å². The number of pyridine rings is 1. The Morgan fingerprint density at radius 1 is 1.39 bits per heavy atom. The maximum Gasteiger partial charge on any atom is 0.272 e. The lowest BCUT2D eigenvalue weighted by Crippen LogP contribution is -2.38. The van der Waals surface area contributed by atoms with E-state index in [0.717, 1.165) is 10.9 Å². The average Bonchev–Trinajstić information content (AvgIpc) is 2.52. The minimum Gasteiger partial charge on any atom is -0.344 e. The molecule has 1 aliphatic heterocycles. The summed E-state index contributed by atoms with van der Waals surface area (Å²) in [6.07, 6.45) is 2.38. The number of rotatable bonds is 1. The van der Waals surface area contributed by atoms with Crippen LogP contribution in [-0.4, -0.2) is 53.3 Å². The van der Waals surface area contributed by atoms with Crippen molar-refractivity contribution in [1.29, 1.82) is 0 Å². The quantitative estimate of drug-likeness (QED) is 0.782. The van der Waals surface area contributed by atoms with Crippen molar-refractivity contribution in [3.63, 3.8) is 0 Å². The molecule has 6 heteroatoms. The summed E-state index contributed by atoms with van der Waals surface area (Å²) in [7, 11) is 1.76. The van der Waals surface area contributed by atoms with Gasteiger partial charge in [-0.25, -0.2) is 4.98 Å². The first-order valence-corrected chi connectivity index (χ1v) is 6.52. The Bertz CT molecular complexity index is 461. The first-order valence-electron chi connectivity index (χ1n) is 5.73.